The van der Waals surface area contributed by atoms with Gasteiger partial charge < -0.3 is 20.6 Å². The summed E-state index contributed by atoms with van der Waals surface area (Å²) in [5.74, 6) is 2.93. The molecule has 29 heavy (non-hydrogen) atoms. The molecule has 2 aromatic heterocycles. The van der Waals surface area contributed by atoms with Crippen LogP contribution in [0.4, 0.5) is 17.6 Å². The minimum atomic E-state index is -0.786. The van der Waals surface area contributed by atoms with Crippen molar-refractivity contribution in [1.29, 1.82) is 0 Å². The van der Waals surface area contributed by atoms with Crippen molar-refractivity contribution in [2.45, 2.75) is 6.54 Å². The first-order valence-electron chi connectivity index (χ1n) is 9.50. The first-order valence-corrected chi connectivity index (χ1v) is 11.0. The van der Waals surface area contributed by atoms with E-state index in [1.807, 2.05) is 30.3 Å². The highest BCUT2D eigenvalue weighted by atomic mass is 32.2. The van der Waals surface area contributed by atoms with Gasteiger partial charge >= 0.3 is 0 Å². The van der Waals surface area contributed by atoms with E-state index in [1.165, 1.54) is 6.33 Å². The van der Waals surface area contributed by atoms with Gasteiger partial charge in [0, 0.05) is 48.5 Å². The van der Waals surface area contributed by atoms with Gasteiger partial charge in [-0.15, -0.1) is 0 Å². The molecule has 0 radical (unpaired) electrons. The highest BCUT2D eigenvalue weighted by molar-refractivity contribution is 7.85. The average molecular weight is 414 g/mol. The van der Waals surface area contributed by atoms with Crippen molar-refractivity contribution in [1.82, 2.24) is 19.9 Å². The minimum Gasteiger partial charge on any atom is -0.395 e. The molecule has 3 N–H and O–H groups in total. The van der Waals surface area contributed by atoms with E-state index in [9.17, 15) is 4.21 Å². The molecular weight excluding hydrogens is 390 g/mol. The van der Waals surface area contributed by atoms with Crippen LogP contribution in [0.5, 0.6) is 0 Å². The maximum absolute atomic E-state index is 11.8. The van der Waals surface area contributed by atoms with Crippen molar-refractivity contribution in [3.05, 3.63) is 42.2 Å². The first kappa shape index (κ1) is 19.5. The molecule has 1 aliphatic rings. The standard InChI is InChI=1S/C19H23N7O2S/c27-9-6-20-19-24-15-16(18(25-19)26-7-10-29(28)11-8-26)22-13-23-17(15)21-12-14-4-2-1-3-5-14/h1-5,13,27H,6-12H2,(H,20,24,25)(H,21,22,23). The summed E-state index contributed by atoms with van der Waals surface area (Å²) in [4.78, 5) is 20.1. The topological polar surface area (TPSA) is 116 Å². The molecule has 9 nitrogen and oxygen atoms in total. The predicted molar refractivity (Wildman–Crippen MR) is 115 cm³/mol. The highest BCUT2D eigenvalue weighted by Crippen LogP contribution is 2.28. The summed E-state index contributed by atoms with van der Waals surface area (Å²) in [6.45, 7) is 2.22. The number of aliphatic hydroxyl groups is 1. The number of aliphatic hydroxyl groups excluding tert-OH is 1. The maximum atomic E-state index is 11.8. The summed E-state index contributed by atoms with van der Waals surface area (Å²) in [5.41, 5.74) is 2.39. The normalized spacial score (nSPS) is 14.9. The number of anilines is 3. The zero-order valence-electron chi connectivity index (χ0n) is 15.9. The van der Waals surface area contributed by atoms with Gasteiger partial charge in [-0.05, 0) is 5.56 Å². The second-order valence-corrected chi connectivity index (χ2v) is 8.31. The Balaban J connectivity index is 1.70. The van der Waals surface area contributed by atoms with Gasteiger partial charge in [0.15, 0.2) is 11.6 Å². The second-order valence-electron chi connectivity index (χ2n) is 6.61. The maximum Gasteiger partial charge on any atom is 0.225 e. The molecule has 4 rings (SSSR count). The van der Waals surface area contributed by atoms with Crippen LogP contribution in [-0.2, 0) is 17.3 Å². The fourth-order valence-corrected chi connectivity index (χ4v) is 4.21. The summed E-state index contributed by atoms with van der Waals surface area (Å²) in [5, 5.41) is 15.5. The third-order valence-electron chi connectivity index (χ3n) is 4.64. The van der Waals surface area contributed by atoms with Crippen LogP contribution in [-0.4, -0.2) is 67.0 Å². The fraction of sp³-hybridized carbons (Fsp3) is 0.368. The fourth-order valence-electron chi connectivity index (χ4n) is 3.16. The molecule has 0 amide bonds. The second kappa shape index (κ2) is 9.10. The van der Waals surface area contributed by atoms with Gasteiger partial charge in [-0.1, -0.05) is 30.3 Å². The molecule has 10 heteroatoms. The van der Waals surface area contributed by atoms with E-state index >= 15 is 0 Å². The lowest BCUT2D eigenvalue weighted by Crippen LogP contribution is -2.38. The molecule has 0 unspecified atom stereocenters. The van der Waals surface area contributed by atoms with E-state index in [4.69, 9.17) is 5.11 Å². The molecule has 1 aromatic carbocycles. The molecule has 0 atom stereocenters. The SMILES string of the molecule is O=S1CCN(c2nc(NCCO)nc3c(NCc4ccccc4)ncnc23)CC1. The average Bonchev–Trinajstić information content (AvgIpc) is 2.77. The van der Waals surface area contributed by atoms with Gasteiger partial charge in [0.25, 0.3) is 0 Å². The van der Waals surface area contributed by atoms with Gasteiger partial charge in [-0.2, -0.15) is 4.98 Å². The summed E-state index contributed by atoms with van der Waals surface area (Å²) < 4.78 is 11.8. The Labute approximate surface area is 171 Å². The number of nitrogens with zero attached hydrogens (tertiary/aromatic N) is 5. The molecule has 0 spiro atoms. The third kappa shape index (κ3) is 4.60. The molecule has 0 bridgehead atoms. The van der Waals surface area contributed by atoms with Gasteiger partial charge in [0.2, 0.25) is 5.95 Å². The van der Waals surface area contributed by atoms with E-state index in [-0.39, 0.29) is 6.61 Å². The van der Waals surface area contributed by atoms with Crippen LogP contribution in [0.15, 0.2) is 36.7 Å². The number of hydrogen-bond donors (Lipinski definition) is 3. The quantitative estimate of drug-likeness (QED) is 0.522. The van der Waals surface area contributed by atoms with Crippen LogP contribution in [0.1, 0.15) is 5.56 Å². The van der Waals surface area contributed by atoms with Crippen LogP contribution in [0, 0.1) is 0 Å². The van der Waals surface area contributed by atoms with E-state index < -0.39 is 10.8 Å². The predicted octanol–water partition coefficient (Wildman–Crippen LogP) is 1.00. The summed E-state index contributed by atoms with van der Waals surface area (Å²) in [7, 11) is -0.786. The lowest BCUT2D eigenvalue weighted by molar-refractivity contribution is 0.311. The number of nitrogens with one attached hydrogen (secondary N) is 2. The van der Waals surface area contributed by atoms with Gasteiger partial charge in [-0.25, -0.2) is 15.0 Å². The Kier molecular flexibility index (Phi) is 6.11. The number of aromatic nitrogens is 4. The zero-order chi connectivity index (χ0) is 20.1. The van der Waals surface area contributed by atoms with Crippen molar-refractivity contribution in [2.75, 3.05) is 53.3 Å². The Hall–Kier alpha value is -2.85. The molecular formula is C19H23N7O2S. The monoisotopic (exact) mass is 413 g/mol. The van der Waals surface area contributed by atoms with Crippen LogP contribution >= 0.6 is 0 Å². The van der Waals surface area contributed by atoms with E-state index in [1.54, 1.807) is 0 Å². The smallest absolute Gasteiger partial charge is 0.225 e. The number of rotatable bonds is 7. The first-order chi connectivity index (χ1) is 14.2. The summed E-state index contributed by atoms with van der Waals surface area (Å²) in [6.07, 6.45) is 1.51. The van der Waals surface area contributed by atoms with Crippen LogP contribution in [0.2, 0.25) is 0 Å². The van der Waals surface area contributed by atoms with Crippen LogP contribution in [0.25, 0.3) is 11.0 Å². The van der Waals surface area contributed by atoms with Crippen LogP contribution < -0.4 is 15.5 Å². The summed E-state index contributed by atoms with van der Waals surface area (Å²) >= 11 is 0. The molecule has 1 aliphatic heterocycles. The molecule has 3 heterocycles. The van der Waals surface area contributed by atoms with Crippen LogP contribution in [0.3, 0.4) is 0 Å². The van der Waals surface area contributed by atoms with Gasteiger partial charge in [0.05, 0.1) is 6.61 Å². The number of fused-ring (bicyclic) bond motifs is 1. The van der Waals surface area contributed by atoms with E-state index in [0.717, 1.165) is 5.56 Å². The molecule has 152 valence electrons. The Morgan fingerprint density at radius 2 is 1.83 bits per heavy atom. The van der Waals surface area contributed by atoms with E-state index in [2.05, 4.69) is 35.5 Å². The van der Waals surface area contributed by atoms with Crippen molar-refractivity contribution in [3.63, 3.8) is 0 Å². The summed E-state index contributed by atoms with van der Waals surface area (Å²) in [6, 6.07) is 10.0. The Bertz CT molecular complexity index is 993. The zero-order valence-corrected chi connectivity index (χ0v) is 16.7. The Morgan fingerprint density at radius 1 is 1.03 bits per heavy atom. The minimum absolute atomic E-state index is 0.0240. The lowest BCUT2D eigenvalue weighted by atomic mass is 10.2. The van der Waals surface area contributed by atoms with Crippen molar-refractivity contribution in [2.24, 2.45) is 0 Å². The molecule has 1 saturated heterocycles. The highest BCUT2D eigenvalue weighted by Gasteiger charge is 2.22. The molecule has 0 saturated carbocycles. The number of hydrogen-bond acceptors (Lipinski definition) is 9. The third-order valence-corrected chi connectivity index (χ3v) is 5.91. The molecule has 1 fully saturated rings. The molecule has 3 aromatic rings. The van der Waals surface area contributed by atoms with Crippen molar-refractivity contribution < 1.29 is 9.32 Å². The van der Waals surface area contributed by atoms with Crippen molar-refractivity contribution in [3.8, 4) is 0 Å². The van der Waals surface area contributed by atoms with Crippen molar-refractivity contribution >= 4 is 39.4 Å². The van der Waals surface area contributed by atoms with E-state index in [0.29, 0.717) is 66.3 Å². The lowest BCUT2D eigenvalue weighted by Gasteiger charge is -2.28. The van der Waals surface area contributed by atoms with Gasteiger partial charge in [0.1, 0.15) is 17.4 Å². The Morgan fingerprint density at radius 3 is 2.59 bits per heavy atom. The molecule has 0 aliphatic carbocycles. The largest absolute Gasteiger partial charge is 0.395 e. The number of benzene rings is 1. The van der Waals surface area contributed by atoms with Gasteiger partial charge in [-0.3, -0.25) is 4.21 Å².